The Bertz CT molecular complexity index is 795. The van der Waals surface area contributed by atoms with Gasteiger partial charge in [0, 0.05) is 55.9 Å². The number of amides is 3. The van der Waals surface area contributed by atoms with E-state index in [9.17, 15) is 9.59 Å². The summed E-state index contributed by atoms with van der Waals surface area (Å²) < 4.78 is 1.98. The second-order valence-electron chi connectivity index (χ2n) is 7.63. The number of para-hydroxylation sites is 1. The van der Waals surface area contributed by atoms with Gasteiger partial charge in [0.1, 0.15) is 0 Å². The summed E-state index contributed by atoms with van der Waals surface area (Å²) in [6.45, 7) is 8.11. The van der Waals surface area contributed by atoms with Gasteiger partial charge in [-0.3, -0.25) is 4.79 Å². The zero-order valence-electron chi connectivity index (χ0n) is 15.4. The summed E-state index contributed by atoms with van der Waals surface area (Å²) in [6.07, 6.45) is 1.89. The van der Waals surface area contributed by atoms with Crippen LogP contribution >= 0.6 is 0 Å². The molecule has 1 aliphatic heterocycles. The highest BCUT2D eigenvalue weighted by Gasteiger charge is 2.27. The van der Waals surface area contributed by atoms with Gasteiger partial charge in [0.05, 0.1) is 5.56 Å². The number of aromatic nitrogens is 1. The number of benzene rings is 1. The van der Waals surface area contributed by atoms with Crippen LogP contribution in [-0.2, 0) is 7.05 Å². The minimum absolute atomic E-state index is 0.0349. The molecule has 1 aliphatic rings. The summed E-state index contributed by atoms with van der Waals surface area (Å²) in [5, 5.41) is 3.95. The van der Waals surface area contributed by atoms with E-state index in [0.29, 0.717) is 26.2 Å². The van der Waals surface area contributed by atoms with Crippen molar-refractivity contribution in [3.63, 3.8) is 0 Å². The molecule has 0 bridgehead atoms. The molecule has 0 atom stereocenters. The number of hydrogen-bond donors (Lipinski definition) is 1. The summed E-state index contributed by atoms with van der Waals surface area (Å²) >= 11 is 0. The van der Waals surface area contributed by atoms with Crippen molar-refractivity contribution in [2.75, 3.05) is 26.2 Å². The molecule has 0 radical (unpaired) electrons. The van der Waals surface area contributed by atoms with Gasteiger partial charge in [-0.1, -0.05) is 18.2 Å². The molecule has 25 heavy (non-hydrogen) atoms. The molecule has 1 saturated heterocycles. The van der Waals surface area contributed by atoms with E-state index in [1.807, 2.05) is 67.7 Å². The van der Waals surface area contributed by atoms with Crippen LogP contribution in [0.1, 0.15) is 31.1 Å². The molecule has 1 fully saturated rings. The van der Waals surface area contributed by atoms with Crippen molar-refractivity contribution >= 4 is 22.8 Å². The van der Waals surface area contributed by atoms with Crippen LogP contribution in [0.2, 0.25) is 0 Å². The highest BCUT2D eigenvalue weighted by atomic mass is 16.2. The SMILES string of the molecule is Cn1cc(C(=O)N2CCN(C(=O)NC(C)(C)C)CC2)c2ccccc21. The van der Waals surface area contributed by atoms with Crippen LogP contribution in [0.25, 0.3) is 10.9 Å². The Hall–Kier alpha value is -2.50. The zero-order chi connectivity index (χ0) is 18.2. The van der Waals surface area contributed by atoms with Crippen molar-refractivity contribution in [2.24, 2.45) is 7.05 Å². The average Bonchev–Trinajstić information content (AvgIpc) is 2.90. The van der Waals surface area contributed by atoms with E-state index < -0.39 is 0 Å². The first kappa shape index (κ1) is 17.3. The van der Waals surface area contributed by atoms with Crippen LogP contribution in [0.3, 0.4) is 0 Å². The number of aryl methyl sites for hydroxylation is 1. The molecular weight excluding hydrogens is 316 g/mol. The number of carbonyl (C=O) groups is 2. The fourth-order valence-electron chi connectivity index (χ4n) is 3.19. The van der Waals surface area contributed by atoms with Crippen LogP contribution in [0.15, 0.2) is 30.5 Å². The smallest absolute Gasteiger partial charge is 0.317 e. The summed E-state index contributed by atoms with van der Waals surface area (Å²) in [4.78, 5) is 28.8. The number of rotatable bonds is 1. The standard InChI is InChI=1S/C19H26N4O2/c1-19(2,3)20-18(25)23-11-9-22(10-12-23)17(24)15-13-21(4)16-8-6-5-7-14(15)16/h5-8,13H,9-12H2,1-4H3,(H,20,25). The van der Waals surface area contributed by atoms with Gasteiger partial charge in [0.15, 0.2) is 0 Å². The lowest BCUT2D eigenvalue weighted by atomic mass is 10.1. The van der Waals surface area contributed by atoms with Gasteiger partial charge >= 0.3 is 6.03 Å². The molecule has 0 aliphatic carbocycles. The molecule has 1 aromatic heterocycles. The summed E-state index contributed by atoms with van der Waals surface area (Å²) in [6, 6.07) is 7.86. The molecule has 0 spiro atoms. The molecule has 6 heteroatoms. The number of nitrogens with zero attached hydrogens (tertiary/aromatic N) is 3. The predicted octanol–water partition coefficient (Wildman–Crippen LogP) is 2.44. The van der Waals surface area contributed by atoms with E-state index >= 15 is 0 Å². The predicted molar refractivity (Wildman–Crippen MR) is 98.7 cm³/mol. The molecule has 0 unspecified atom stereocenters. The Morgan fingerprint density at radius 2 is 1.60 bits per heavy atom. The van der Waals surface area contributed by atoms with Crippen LogP contribution in [-0.4, -0.2) is 58.0 Å². The maximum Gasteiger partial charge on any atom is 0.317 e. The van der Waals surface area contributed by atoms with Crippen molar-refractivity contribution in [2.45, 2.75) is 26.3 Å². The molecule has 3 amide bonds. The summed E-state index contributed by atoms with van der Waals surface area (Å²) in [5.74, 6) is 0.0349. The monoisotopic (exact) mass is 342 g/mol. The minimum atomic E-state index is -0.257. The third-order valence-electron chi connectivity index (χ3n) is 4.46. The second-order valence-corrected chi connectivity index (χ2v) is 7.63. The van der Waals surface area contributed by atoms with Gasteiger partial charge in [0.25, 0.3) is 5.91 Å². The Balaban J connectivity index is 1.68. The van der Waals surface area contributed by atoms with Crippen LogP contribution in [0.4, 0.5) is 4.79 Å². The molecule has 1 N–H and O–H groups in total. The van der Waals surface area contributed by atoms with Gasteiger partial charge in [0.2, 0.25) is 0 Å². The van der Waals surface area contributed by atoms with Crippen molar-refractivity contribution in [1.29, 1.82) is 0 Å². The van der Waals surface area contributed by atoms with Gasteiger partial charge in [-0.05, 0) is 26.8 Å². The Morgan fingerprint density at radius 3 is 2.24 bits per heavy atom. The third kappa shape index (κ3) is 3.62. The van der Waals surface area contributed by atoms with E-state index in [4.69, 9.17) is 0 Å². The number of nitrogens with one attached hydrogen (secondary N) is 1. The highest BCUT2D eigenvalue weighted by molar-refractivity contribution is 6.07. The van der Waals surface area contributed by atoms with Gasteiger partial charge in [-0.25, -0.2) is 4.79 Å². The van der Waals surface area contributed by atoms with Crippen LogP contribution in [0.5, 0.6) is 0 Å². The molecular formula is C19H26N4O2. The number of carbonyl (C=O) groups excluding carboxylic acids is 2. The number of hydrogen-bond acceptors (Lipinski definition) is 2. The Morgan fingerprint density at radius 1 is 1.00 bits per heavy atom. The van der Waals surface area contributed by atoms with Gasteiger partial charge in [-0.15, -0.1) is 0 Å². The van der Waals surface area contributed by atoms with Crippen LogP contribution in [0, 0.1) is 0 Å². The van der Waals surface area contributed by atoms with E-state index in [2.05, 4.69) is 5.32 Å². The molecule has 6 nitrogen and oxygen atoms in total. The maximum absolute atomic E-state index is 12.9. The van der Waals surface area contributed by atoms with Crippen molar-refractivity contribution in [3.05, 3.63) is 36.0 Å². The molecule has 0 saturated carbocycles. The maximum atomic E-state index is 12.9. The van der Waals surface area contributed by atoms with Crippen molar-refractivity contribution < 1.29 is 9.59 Å². The van der Waals surface area contributed by atoms with Crippen molar-refractivity contribution in [3.8, 4) is 0 Å². The second kappa shape index (κ2) is 6.43. The van der Waals surface area contributed by atoms with Gasteiger partial charge in [-0.2, -0.15) is 0 Å². The van der Waals surface area contributed by atoms with E-state index in [-0.39, 0.29) is 17.5 Å². The largest absolute Gasteiger partial charge is 0.350 e. The lowest BCUT2D eigenvalue weighted by Gasteiger charge is -2.36. The number of urea groups is 1. The first-order valence-corrected chi connectivity index (χ1v) is 8.67. The normalized spacial score (nSPS) is 15.5. The molecule has 1 aromatic carbocycles. The quantitative estimate of drug-likeness (QED) is 0.865. The Labute approximate surface area is 148 Å². The molecule has 3 rings (SSSR count). The zero-order valence-corrected chi connectivity index (χ0v) is 15.4. The first-order valence-electron chi connectivity index (χ1n) is 8.67. The molecule has 134 valence electrons. The third-order valence-corrected chi connectivity index (χ3v) is 4.46. The first-order chi connectivity index (χ1) is 11.8. The lowest BCUT2D eigenvalue weighted by Crippen LogP contribution is -2.56. The van der Waals surface area contributed by atoms with Gasteiger partial charge < -0.3 is 19.7 Å². The lowest BCUT2D eigenvalue weighted by molar-refractivity contribution is 0.0663. The van der Waals surface area contributed by atoms with Crippen LogP contribution < -0.4 is 5.32 Å². The minimum Gasteiger partial charge on any atom is -0.350 e. The van der Waals surface area contributed by atoms with E-state index in [0.717, 1.165) is 16.5 Å². The Kier molecular flexibility index (Phi) is 4.45. The fourth-order valence-corrected chi connectivity index (χ4v) is 3.19. The summed E-state index contributed by atoms with van der Waals surface area (Å²) in [7, 11) is 1.95. The van der Waals surface area contributed by atoms with E-state index in [1.165, 1.54) is 0 Å². The van der Waals surface area contributed by atoms with Crippen molar-refractivity contribution in [1.82, 2.24) is 19.7 Å². The summed E-state index contributed by atoms with van der Waals surface area (Å²) in [5.41, 5.74) is 1.52. The highest BCUT2D eigenvalue weighted by Crippen LogP contribution is 2.22. The fraction of sp³-hybridized carbons (Fsp3) is 0.474. The number of piperazine rings is 1. The molecule has 2 heterocycles. The molecule has 2 aromatic rings. The number of fused-ring (bicyclic) bond motifs is 1. The topological polar surface area (TPSA) is 57.6 Å². The van der Waals surface area contributed by atoms with E-state index in [1.54, 1.807) is 4.90 Å². The average molecular weight is 342 g/mol.